The van der Waals surface area contributed by atoms with E-state index in [9.17, 15) is 22.8 Å². The van der Waals surface area contributed by atoms with Crippen LogP contribution in [0.15, 0.2) is 54.6 Å². The van der Waals surface area contributed by atoms with Gasteiger partial charge in [-0.15, -0.1) is 11.8 Å². The van der Waals surface area contributed by atoms with E-state index in [2.05, 4.69) is 0 Å². The van der Waals surface area contributed by atoms with Crippen molar-refractivity contribution in [3.05, 3.63) is 71.3 Å². The molecule has 0 unspecified atom stereocenters. The highest BCUT2D eigenvalue weighted by Crippen LogP contribution is 2.44. The van der Waals surface area contributed by atoms with Crippen LogP contribution in [-0.4, -0.2) is 51.9 Å². The molecule has 0 saturated carbocycles. The molecule has 2 aliphatic rings. The Morgan fingerprint density at radius 1 is 0.938 bits per heavy atom. The highest BCUT2D eigenvalue weighted by Gasteiger charge is 2.47. The Kier molecular flexibility index (Phi) is 6.51. The molecule has 4 rings (SSSR count). The number of rotatable bonds is 4. The zero-order valence-electron chi connectivity index (χ0n) is 17.6. The average molecular weight is 463 g/mol. The summed E-state index contributed by atoms with van der Waals surface area (Å²) in [7, 11) is 0. The van der Waals surface area contributed by atoms with Crippen molar-refractivity contribution in [2.24, 2.45) is 0 Å². The summed E-state index contributed by atoms with van der Waals surface area (Å²) in [5.74, 6) is 0.661. The predicted molar refractivity (Wildman–Crippen MR) is 118 cm³/mol. The van der Waals surface area contributed by atoms with Crippen molar-refractivity contribution in [3.8, 4) is 0 Å². The molecule has 0 radical (unpaired) electrons. The second-order valence-electron chi connectivity index (χ2n) is 8.19. The number of thioether (sulfide) groups is 1. The third-order valence-electron chi connectivity index (χ3n) is 6.25. The molecule has 2 aliphatic heterocycles. The Bertz CT molecular complexity index is 955. The van der Waals surface area contributed by atoms with E-state index in [1.807, 2.05) is 35.2 Å². The van der Waals surface area contributed by atoms with Crippen LogP contribution in [0.3, 0.4) is 0 Å². The number of aryl methyl sites for hydroxylation is 1. The van der Waals surface area contributed by atoms with Gasteiger partial charge in [-0.05, 0) is 49.1 Å². The SMILES string of the molecule is O=C(CCc1ccccc1)N1CCC2(CC1)SCCN2C(=O)c1ccc(C(F)(F)F)cc1. The number of piperidine rings is 1. The molecular formula is C24H25F3N2O2S. The second-order valence-corrected chi connectivity index (χ2v) is 9.65. The summed E-state index contributed by atoms with van der Waals surface area (Å²) in [6.45, 7) is 1.72. The Morgan fingerprint density at radius 3 is 2.22 bits per heavy atom. The van der Waals surface area contributed by atoms with Crippen molar-refractivity contribution < 1.29 is 22.8 Å². The number of halogens is 3. The van der Waals surface area contributed by atoms with E-state index >= 15 is 0 Å². The van der Waals surface area contributed by atoms with Gasteiger partial charge in [0.15, 0.2) is 0 Å². The fourth-order valence-corrected chi connectivity index (χ4v) is 5.88. The zero-order chi connectivity index (χ0) is 22.8. The fourth-order valence-electron chi connectivity index (χ4n) is 4.43. The Morgan fingerprint density at radius 2 is 1.59 bits per heavy atom. The van der Waals surface area contributed by atoms with Gasteiger partial charge >= 0.3 is 6.18 Å². The maximum Gasteiger partial charge on any atom is 0.416 e. The van der Waals surface area contributed by atoms with Gasteiger partial charge < -0.3 is 9.80 Å². The zero-order valence-corrected chi connectivity index (χ0v) is 18.4. The van der Waals surface area contributed by atoms with Gasteiger partial charge in [-0.1, -0.05) is 30.3 Å². The van der Waals surface area contributed by atoms with Crippen LogP contribution in [-0.2, 0) is 17.4 Å². The molecular weight excluding hydrogens is 437 g/mol. The molecule has 0 N–H and O–H groups in total. The molecule has 2 aromatic carbocycles. The normalized spacial score (nSPS) is 18.2. The quantitative estimate of drug-likeness (QED) is 0.653. The van der Waals surface area contributed by atoms with Gasteiger partial charge in [0.1, 0.15) is 0 Å². The largest absolute Gasteiger partial charge is 0.416 e. The number of hydrogen-bond donors (Lipinski definition) is 0. The van der Waals surface area contributed by atoms with Crippen LogP contribution < -0.4 is 0 Å². The number of benzene rings is 2. The van der Waals surface area contributed by atoms with Gasteiger partial charge in [-0.3, -0.25) is 9.59 Å². The molecule has 4 nitrogen and oxygen atoms in total. The number of amides is 2. The molecule has 170 valence electrons. The first kappa shape index (κ1) is 22.7. The highest BCUT2D eigenvalue weighted by atomic mass is 32.2. The number of nitrogens with zero attached hydrogens (tertiary/aromatic N) is 2. The lowest BCUT2D eigenvalue weighted by Crippen LogP contribution is -2.53. The maximum absolute atomic E-state index is 13.1. The van der Waals surface area contributed by atoms with E-state index < -0.39 is 16.6 Å². The van der Waals surface area contributed by atoms with Gasteiger partial charge in [0, 0.05) is 37.4 Å². The topological polar surface area (TPSA) is 40.6 Å². The maximum atomic E-state index is 13.1. The van der Waals surface area contributed by atoms with Gasteiger partial charge in [0.2, 0.25) is 5.91 Å². The van der Waals surface area contributed by atoms with Gasteiger partial charge in [0.25, 0.3) is 5.91 Å². The van der Waals surface area contributed by atoms with Crippen molar-refractivity contribution in [1.29, 1.82) is 0 Å². The van der Waals surface area contributed by atoms with Crippen LogP contribution in [0.2, 0.25) is 0 Å². The van der Waals surface area contributed by atoms with Crippen molar-refractivity contribution >= 4 is 23.6 Å². The van der Waals surface area contributed by atoms with Crippen molar-refractivity contribution in [3.63, 3.8) is 0 Å². The summed E-state index contributed by atoms with van der Waals surface area (Å²) < 4.78 is 38.5. The van der Waals surface area contributed by atoms with Crippen molar-refractivity contribution in [2.45, 2.75) is 36.7 Å². The fraction of sp³-hybridized carbons (Fsp3) is 0.417. The Balaban J connectivity index is 1.37. The summed E-state index contributed by atoms with van der Waals surface area (Å²) in [5, 5.41) is 0. The molecule has 0 atom stereocenters. The lowest BCUT2D eigenvalue weighted by atomic mass is 10.00. The molecule has 8 heteroatoms. The standard InChI is InChI=1S/C24H25F3N2O2S/c25-24(26,27)20-9-7-19(8-10-20)22(31)29-16-17-32-23(29)12-14-28(15-13-23)21(30)11-6-18-4-2-1-3-5-18/h1-5,7-10H,6,11-17H2. The lowest BCUT2D eigenvalue weighted by molar-refractivity contribution is -0.137. The summed E-state index contributed by atoms with van der Waals surface area (Å²) in [6, 6.07) is 14.3. The van der Waals surface area contributed by atoms with E-state index in [1.54, 1.807) is 16.7 Å². The third-order valence-corrected chi connectivity index (χ3v) is 7.80. The molecule has 0 aromatic heterocycles. The molecule has 32 heavy (non-hydrogen) atoms. The van der Waals surface area contributed by atoms with Crippen LogP contribution >= 0.6 is 11.8 Å². The Labute approximate surface area is 189 Å². The molecule has 2 saturated heterocycles. The van der Waals surface area contributed by atoms with E-state index in [4.69, 9.17) is 0 Å². The van der Waals surface area contributed by atoms with Crippen LogP contribution in [0.25, 0.3) is 0 Å². The predicted octanol–water partition coefficient (Wildman–Crippen LogP) is 4.85. The van der Waals surface area contributed by atoms with Crippen LogP contribution in [0, 0.1) is 0 Å². The minimum absolute atomic E-state index is 0.118. The monoisotopic (exact) mass is 462 g/mol. The summed E-state index contributed by atoms with van der Waals surface area (Å²) in [6.07, 6.45) is -1.93. The van der Waals surface area contributed by atoms with E-state index in [-0.39, 0.29) is 17.4 Å². The van der Waals surface area contributed by atoms with Crippen LogP contribution in [0.1, 0.15) is 40.7 Å². The third kappa shape index (κ3) is 4.80. The van der Waals surface area contributed by atoms with E-state index in [1.165, 1.54) is 12.1 Å². The van der Waals surface area contributed by atoms with Gasteiger partial charge in [-0.25, -0.2) is 0 Å². The lowest BCUT2D eigenvalue weighted by Gasteiger charge is -2.44. The summed E-state index contributed by atoms with van der Waals surface area (Å²) >= 11 is 1.72. The Hall–Kier alpha value is -2.48. The van der Waals surface area contributed by atoms with Crippen LogP contribution in [0.5, 0.6) is 0 Å². The van der Waals surface area contributed by atoms with Crippen LogP contribution in [0.4, 0.5) is 13.2 Å². The van der Waals surface area contributed by atoms with Crippen molar-refractivity contribution in [2.75, 3.05) is 25.4 Å². The number of carbonyl (C=O) groups excluding carboxylic acids is 2. The van der Waals surface area contributed by atoms with E-state index in [0.717, 1.165) is 23.4 Å². The number of alkyl halides is 3. The second kappa shape index (κ2) is 9.17. The first-order valence-corrected chi connectivity index (χ1v) is 11.7. The molecule has 2 fully saturated rings. The first-order valence-electron chi connectivity index (χ1n) is 10.7. The molecule has 0 bridgehead atoms. The number of likely N-dealkylation sites (tertiary alicyclic amines) is 1. The molecule has 2 amide bonds. The summed E-state index contributed by atoms with van der Waals surface area (Å²) in [5.41, 5.74) is 0.636. The van der Waals surface area contributed by atoms with Crippen molar-refractivity contribution in [1.82, 2.24) is 9.80 Å². The molecule has 2 aromatic rings. The minimum Gasteiger partial charge on any atom is -0.342 e. The molecule has 0 aliphatic carbocycles. The van der Waals surface area contributed by atoms with Gasteiger partial charge in [-0.2, -0.15) is 13.2 Å². The minimum atomic E-state index is -4.42. The smallest absolute Gasteiger partial charge is 0.342 e. The van der Waals surface area contributed by atoms with Gasteiger partial charge in [0.05, 0.1) is 10.4 Å². The number of carbonyl (C=O) groups is 2. The van der Waals surface area contributed by atoms with E-state index in [0.29, 0.717) is 45.3 Å². The highest BCUT2D eigenvalue weighted by molar-refractivity contribution is 8.00. The summed E-state index contributed by atoms with van der Waals surface area (Å²) in [4.78, 5) is 29.1. The first-order chi connectivity index (χ1) is 15.3. The molecule has 1 spiro atoms. The average Bonchev–Trinajstić information content (AvgIpc) is 3.20. The number of hydrogen-bond acceptors (Lipinski definition) is 3. The molecule has 2 heterocycles.